The van der Waals surface area contributed by atoms with E-state index in [1.807, 2.05) is 0 Å². The van der Waals surface area contributed by atoms with E-state index in [1.54, 1.807) is 0 Å². The molecule has 0 rings (SSSR count). The van der Waals surface area contributed by atoms with Gasteiger partial charge in [-0.2, -0.15) is 5.92 Å². The largest absolute Gasteiger partial charge is 0.340 e. The Kier molecular flexibility index (Phi) is 11.5. The molecule has 0 heterocycles. The van der Waals surface area contributed by atoms with Gasteiger partial charge in [0.2, 0.25) is 0 Å². The summed E-state index contributed by atoms with van der Waals surface area (Å²) in [5, 5.41) is 0. The third-order valence-corrected chi connectivity index (χ3v) is 1.54. The Morgan fingerprint density at radius 1 is 1.33 bits per heavy atom. The molecule has 0 aromatic carbocycles. The van der Waals surface area contributed by atoms with Crippen LogP contribution in [0.5, 0.6) is 0 Å². The Morgan fingerprint density at radius 2 is 1.89 bits per heavy atom. The maximum atomic E-state index is 3.99. The first-order valence-electron chi connectivity index (χ1n) is 3.64. The maximum absolute atomic E-state index is 3.99. The van der Waals surface area contributed by atoms with Gasteiger partial charge in [-0.15, -0.1) is 0 Å². The van der Waals surface area contributed by atoms with Crippen LogP contribution in [-0.2, 0) is 16.8 Å². The van der Waals surface area contributed by atoms with Crippen molar-refractivity contribution in [2.24, 2.45) is 5.92 Å². The van der Waals surface area contributed by atoms with Crippen molar-refractivity contribution in [3.63, 3.8) is 0 Å². The Bertz CT molecular complexity index is 43.8. The molecule has 0 spiro atoms. The van der Waals surface area contributed by atoms with Crippen molar-refractivity contribution in [1.29, 1.82) is 0 Å². The standard InChI is InChI=1S/C8H17.Co/c1-4-6-7-8(3)5-2;/h8H,3-7H2,1-2H3;/q-1;. The Hall–Kier alpha value is 0.506. The van der Waals surface area contributed by atoms with Crippen molar-refractivity contribution in [2.75, 3.05) is 0 Å². The van der Waals surface area contributed by atoms with Gasteiger partial charge in [0.15, 0.2) is 0 Å². The van der Waals surface area contributed by atoms with Crippen LogP contribution in [0.15, 0.2) is 0 Å². The van der Waals surface area contributed by atoms with Gasteiger partial charge < -0.3 is 6.92 Å². The number of rotatable bonds is 4. The minimum Gasteiger partial charge on any atom is -0.340 e. The van der Waals surface area contributed by atoms with Crippen LogP contribution in [0.3, 0.4) is 0 Å². The van der Waals surface area contributed by atoms with Gasteiger partial charge in [0, 0.05) is 16.8 Å². The first-order chi connectivity index (χ1) is 3.81. The molecular formula is C8H17Co-. The molecule has 9 heavy (non-hydrogen) atoms. The van der Waals surface area contributed by atoms with Crippen LogP contribution in [0.25, 0.3) is 0 Å². The van der Waals surface area contributed by atoms with Gasteiger partial charge in [-0.25, -0.2) is 0 Å². The minimum atomic E-state index is 0. The Labute approximate surface area is 69.6 Å². The molecule has 0 aliphatic carbocycles. The normalized spacial score (nSPS) is 12.3. The zero-order valence-corrected chi connectivity index (χ0v) is 7.49. The molecule has 0 amide bonds. The van der Waals surface area contributed by atoms with Crippen LogP contribution in [0, 0.1) is 12.8 Å². The SMILES string of the molecule is [CH2-]C(CC)CCCC.[Co]. The summed E-state index contributed by atoms with van der Waals surface area (Å²) in [6.45, 7) is 8.42. The van der Waals surface area contributed by atoms with E-state index < -0.39 is 0 Å². The molecular weight excluding hydrogens is 155 g/mol. The summed E-state index contributed by atoms with van der Waals surface area (Å²) < 4.78 is 0. The summed E-state index contributed by atoms with van der Waals surface area (Å²) in [4.78, 5) is 0. The van der Waals surface area contributed by atoms with Crippen molar-refractivity contribution >= 4 is 0 Å². The minimum absolute atomic E-state index is 0. The molecule has 0 bridgehead atoms. The second-order valence-electron chi connectivity index (χ2n) is 2.42. The van der Waals surface area contributed by atoms with E-state index in [0.29, 0.717) is 5.92 Å². The average molecular weight is 172 g/mol. The molecule has 0 aromatic rings. The molecule has 59 valence electrons. The van der Waals surface area contributed by atoms with Gasteiger partial charge in [-0.1, -0.05) is 39.5 Å². The second kappa shape index (κ2) is 8.51. The predicted octanol–water partition coefficient (Wildman–Crippen LogP) is 3.03. The molecule has 1 unspecified atom stereocenters. The van der Waals surface area contributed by atoms with Crippen LogP contribution < -0.4 is 0 Å². The van der Waals surface area contributed by atoms with Gasteiger partial charge in [-0.05, 0) is 0 Å². The summed E-state index contributed by atoms with van der Waals surface area (Å²) in [5.41, 5.74) is 0. The molecule has 0 fully saturated rings. The molecule has 0 saturated carbocycles. The fourth-order valence-corrected chi connectivity index (χ4v) is 0.697. The molecule has 0 saturated heterocycles. The summed E-state index contributed by atoms with van der Waals surface area (Å²) in [7, 11) is 0. The monoisotopic (exact) mass is 172 g/mol. The van der Waals surface area contributed by atoms with Gasteiger partial charge in [0.1, 0.15) is 0 Å². The van der Waals surface area contributed by atoms with E-state index in [2.05, 4.69) is 20.8 Å². The fourth-order valence-electron chi connectivity index (χ4n) is 0.697. The molecule has 1 atom stereocenters. The average Bonchev–Trinajstić information content (AvgIpc) is 1.83. The van der Waals surface area contributed by atoms with Crippen LogP contribution in [-0.4, -0.2) is 0 Å². The van der Waals surface area contributed by atoms with Crippen molar-refractivity contribution in [2.45, 2.75) is 39.5 Å². The van der Waals surface area contributed by atoms with Crippen LogP contribution in [0.1, 0.15) is 39.5 Å². The van der Waals surface area contributed by atoms with Gasteiger partial charge in [0.25, 0.3) is 0 Å². The predicted molar refractivity (Wildman–Crippen MR) is 38.7 cm³/mol. The second-order valence-corrected chi connectivity index (χ2v) is 2.42. The van der Waals surface area contributed by atoms with Crippen LogP contribution in [0.4, 0.5) is 0 Å². The van der Waals surface area contributed by atoms with E-state index in [1.165, 1.54) is 25.7 Å². The summed E-state index contributed by atoms with van der Waals surface area (Å²) in [6.07, 6.45) is 5.21. The van der Waals surface area contributed by atoms with Crippen molar-refractivity contribution in [1.82, 2.24) is 0 Å². The van der Waals surface area contributed by atoms with Gasteiger partial charge in [-0.3, -0.25) is 0 Å². The van der Waals surface area contributed by atoms with Gasteiger partial charge in [0.05, 0.1) is 0 Å². The number of hydrogen-bond acceptors (Lipinski definition) is 0. The van der Waals surface area contributed by atoms with E-state index in [-0.39, 0.29) is 16.8 Å². The van der Waals surface area contributed by atoms with Crippen molar-refractivity contribution in [3.8, 4) is 0 Å². The molecule has 0 aliphatic rings. The number of hydrogen-bond donors (Lipinski definition) is 0. The number of unbranched alkanes of at least 4 members (excludes halogenated alkanes) is 1. The first-order valence-corrected chi connectivity index (χ1v) is 3.64. The molecule has 1 heteroatoms. The third kappa shape index (κ3) is 8.51. The quantitative estimate of drug-likeness (QED) is 0.572. The molecule has 0 N–H and O–H groups in total. The molecule has 0 aromatic heterocycles. The van der Waals surface area contributed by atoms with E-state index in [9.17, 15) is 0 Å². The first kappa shape index (κ1) is 12.2. The molecule has 0 aliphatic heterocycles. The topological polar surface area (TPSA) is 0 Å². The van der Waals surface area contributed by atoms with Gasteiger partial charge >= 0.3 is 0 Å². The van der Waals surface area contributed by atoms with Crippen LogP contribution >= 0.6 is 0 Å². The summed E-state index contributed by atoms with van der Waals surface area (Å²) in [5.74, 6) is 0.704. The molecule has 0 nitrogen and oxygen atoms in total. The van der Waals surface area contributed by atoms with E-state index in [4.69, 9.17) is 0 Å². The van der Waals surface area contributed by atoms with E-state index >= 15 is 0 Å². The Balaban J connectivity index is 0. The Morgan fingerprint density at radius 3 is 2.22 bits per heavy atom. The summed E-state index contributed by atoms with van der Waals surface area (Å²) >= 11 is 0. The zero-order valence-electron chi connectivity index (χ0n) is 6.45. The van der Waals surface area contributed by atoms with Crippen LogP contribution in [0.2, 0.25) is 0 Å². The van der Waals surface area contributed by atoms with Crippen molar-refractivity contribution < 1.29 is 16.8 Å². The summed E-state index contributed by atoms with van der Waals surface area (Å²) in [6, 6.07) is 0. The smallest absolute Gasteiger partial charge is 0 e. The fraction of sp³-hybridized carbons (Fsp3) is 0.875. The maximum Gasteiger partial charge on any atom is 0 e. The van der Waals surface area contributed by atoms with E-state index in [0.717, 1.165) is 0 Å². The zero-order chi connectivity index (χ0) is 6.41. The third-order valence-electron chi connectivity index (χ3n) is 1.54. The molecule has 1 radical (unpaired) electrons. The van der Waals surface area contributed by atoms with Crippen molar-refractivity contribution in [3.05, 3.63) is 6.92 Å².